The molecule has 17 heavy (non-hydrogen) atoms. The summed E-state index contributed by atoms with van der Waals surface area (Å²) in [6, 6.07) is 4.84. The third-order valence-corrected chi connectivity index (χ3v) is 2.77. The summed E-state index contributed by atoms with van der Waals surface area (Å²) >= 11 is 5.89. The quantitative estimate of drug-likeness (QED) is 0.779. The lowest BCUT2D eigenvalue weighted by Crippen LogP contribution is -2.17. The summed E-state index contributed by atoms with van der Waals surface area (Å²) < 4.78 is 15.6. The summed E-state index contributed by atoms with van der Waals surface area (Å²) in [6.45, 7) is 1.21. The van der Waals surface area contributed by atoms with Crippen molar-refractivity contribution >= 4 is 17.6 Å². The molecule has 0 aromatic heterocycles. The third-order valence-electron chi connectivity index (χ3n) is 2.53. The molecule has 1 aromatic carbocycles. The summed E-state index contributed by atoms with van der Waals surface area (Å²) in [4.78, 5) is 11.5. The Morgan fingerprint density at radius 2 is 2.35 bits per heavy atom. The maximum atomic E-state index is 11.5. The van der Waals surface area contributed by atoms with E-state index in [4.69, 9.17) is 21.1 Å². The number of carbonyl (C=O) groups is 1. The van der Waals surface area contributed by atoms with E-state index in [1.807, 2.05) is 0 Å². The molecule has 5 heteroatoms. The molecule has 0 bridgehead atoms. The number of esters is 1. The van der Waals surface area contributed by atoms with E-state index in [1.165, 1.54) is 7.11 Å². The third kappa shape index (κ3) is 2.90. The smallest absolute Gasteiger partial charge is 0.341 e. The molecule has 1 aromatic rings. The van der Waals surface area contributed by atoms with Crippen LogP contribution in [0.5, 0.6) is 5.75 Å². The van der Waals surface area contributed by atoms with Crippen LogP contribution in [0, 0.1) is 0 Å². The fourth-order valence-electron chi connectivity index (χ4n) is 1.66. The van der Waals surface area contributed by atoms with Gasteiger partial charge >= 0.3 is 5.97 Å². The highest BCUT2D eigenvalue weighted by Gasteiger charge is 2.21. The minimum atomic E-state index is -0.435. The zero-order valence-electron chi connectivity index (χ0n) is 9.44. The van der Waals surface area contributed by atoms with Gasteiger partial charge in [0.15, 0.2) is 0 Å². The van der Waals surface area contributed by atoms with Crippen LogP contribution in [0.2, 0.25) is 5.02 Å². The van der Waals surface area contributed by atoms with E-state index < -0.39 is 5.97 Å². The molecule has 1 aliphatic heterocycles. The second kappa shape index (κ2) is 5.38. The number of methoxy groups -OCH3 is 1. The molecule has 1 atom stereocenters. The molecular formula is C12H13ClO4. The van der Waals surface area contributed by atoms with Crippen molar-refractivity contribution in [3.8, 4) is 5.75 Å². The van der Waals surface area contributed by atoms with Gasteiger partial charge in [0.1, 0.15) is 17.4 Å². The molecular weight excluding hydrogens is 244 g/mol. The number of halogens is 1. The van der Waals surface area contributed by atoms with E-state index in [2.05, 4.69) is 4.74 Å². The lowest BCUT2D eigenvalue weighted by Gasteiger charge is -2.14. The monoisotopic (exact) mass is 256 g/mol. The highest BCUT2D eigenvalue weighted by molar-refractivity contribution is 6.30. The van der Waals surface area contributed by atoms with Crippen molar-refractivity contribution in [1.29, 1.82) is 0 Å². The van der Waals surface area contributed by atoms with Gasteiger partial charge in [-0.1, -0.05) is 11.6 Å². The number of ether oxygens (including phenoxy) is 3. The first-order valence-electron chi connectivity index (χ1n) is 5.33. The van der Waals surface area contributed by atoms with Gasteiger partial charge < -0.3 is 14.2 Å². The molecule has 0 spiro atoms. The molecule has 1 fully saturated rings. The average molecular weight is 257 g/mol. The Kier molecular flexibility index (Phi) is 3.86. The Balaban J connectivity index is 2.22. The highest BCUT2D eigenvalue weighted by Crippen LogP contribution is 2.26. The zero-order chi connectivity index (χ0) is 12.3. The minimum absolute atomic E-state index is 0.0307. The molecule has 0 amide bonds. The first-order chi connectivity index (χ1) is 8.20. The molecule has 0 N–H and O–H groups in total. The van der Waals surface area contributed by atoms with Crippen molar-refractivity contribution in [3.63, 3.8) is 0 Å². The van der Waals surface area contributed by atoms with Crippen molar-refractivity contribution in [2.75, 3.05) is 20.3 Å². The Hall–Kier alpha value is -1.26. The zero-order valence-corrected chi connectivity index (χ0v) is 10.2. The highest BCUT2D eigenvalue weighted by atomic mass is 35.5. The standard InChI is InChI=1S/C12H13ClO4/c1-15-12(14)10-3-2-8(13)6-11(10)17-9-4-5-16-7-9/h2-3,6,9H,4-5,7H2,1H3/t9-/m0/s1. The largest absolute Gasteiger partial charge is 0.487 e. The average Bonchev–Trinajstić information content (AvgIpc) is 2.81. The van der Waals surface area contributed by atoms with Crippen LogP contribution in [0.15, 0.2) is 18.2 Å². The van der Waals surface area contributed by atoms with Gasteiger partial charge in [-0.25, -0.2) is 4.79 Å². The van der Waals surface area contributed by atoms with Crippen LogP contribution in [-0.2, 0) is 9.47 Å². The fraction of sp³-hybridized carbons (Fsp3) is 0.417. The van der Waals surface area contributed by atoms with Crippen LogP contribution in [0.4, 0.5) is 0 Å². The molecule has 0 saturated carbocycles. The summed E-state index contributed by atoms with van der Waals surface area (Å²) in [5, 5.41) is 0.520. The molecule has 4 nitrogen and oxygen atoms in total. The molecule has 1 heterocycles. The van der Waals surface area contributed by atoms with E-state index in [1.54, 1.807) is 18.2 Å². The van der Waals surface area contributed by atoms with Gasteiger partial charge in [0.25, 0.3) is 0 Å². The second-order valence-electron chi connectivity index (χ2n) is 3.74. The SMILES string of the molecule is COC(=O)c1ccc(Cl)cc1O[C@H]1CCOC1. The predicted octanol–water partition coefficient (Wildman–Crippen LogP) is 2.29. The number of hydrogen-bond donors (Lipinski definition) is 0. The lowest BCUT2D eigenvalue weighted by atomic mass is 10.2. The maximum Gasteiger partial charge on any atom is 0.341 e. The maximum absolute atomic E-state index is 11.5. The Morgan fingerprint density at radius 1 is 1.53 bits per heavy atom. The summed E-state index contributed by atoms with van der Waals surface area (Å²) in [7, 11) is 1.33. The number of carbonyl (C=O) groups excluding carboxylic acids is 1. The van der Waals surface area contributed by atoms with Gasteiger partial charge in [-0.3, -0.25) is 0 Å². The lowest BCUT2D eigenvalue weighted by molar-refractivity contribution is 0.0591. The van der Waals surface area contributed by atoms with E-state index in [0.29, 0.717) is 29.5 Å². The van der Waals surface area contributed by atoms with Gasteiger partial charge in [0.05, 0.1) is 20.3 Å². The van der Waals surface area contributed by atoms with Crippen LogP contribution < -0.4 is 4.74 Å². The Morgan fingerprint density at radius 3 is 3.00 bits per heavy atom. The minimum Gasteiger partial charge on any atom is -0.487 e. The number of benzene rings is 1. The molecule has 1 saturated heterocycles. The van der Waals surface area contributed by atoms with Crippen molar-refractivity contribution in [2.45, 2.75) is 12.5 Å². The van der Waals surface area contributed by atoms with Crippen molar-refractivity contribution in [3.05, 3.63) is 28.8 Å². The normalized spacial score (nSPS) is 19.1. The molecule has 92 valence electrons. The number of rotatable bonds is 3. The van der Waals surface area contributed by atoms with Crippen molar-refractivity contribution < 1.29 is 19.0 Å². The van der Waals surface area contributed by atoms with Gasteiger partial charge in [-0.15, -0.1) is 0 Å². The van der Waals surface area contributed by atoms with Crippen LogP contribution in [0.25, 0.3) is 0 Å². The van der Waals surface area contributed by atoms with E-state index in [0.717, 1.165) is 6.42 Å². The van der Waals surface area contributed by atoms with Crippen LogP contribution in [-0.4, -0.2) is 32.4 Å². The summed E-state index contributed by atoms with van der Waals surface area (Å²) in [5.74, 6) is 0.00966. The van der Waals surface area contributed by atoms with Crippen molar-refractivity contribution in [2.24, 2.45) is 0 Å². The molecule has 0 aliphatic carbocycles. The topological polar surface area (TPSA) is 44.8 Å². The van der Waals surface area contributed by atoms with Crippen LogP contribution in [0.3, 0.4) is 0 Å². The van der Waals surface area contributed by atoms with E-state index in [9.17, 15) is 4.79 Å². The first kappa shape index (κ1) is 12.2. The second-order valence-corrected chi connectivity index (χ2v) is 4.17. The molecule has 2 rings (SSSR count). The predicted molar refractivity (Wildman–Crippen MR) is 62.6 cm³/mol. The van der Waals surface area contributed by atoms with Gasteiger partial charge in [0, 0.05) is 11.4 Å². The Labute approximate surface area is 104 Å². The van der Waals surface area contributed by atoms with Crippen LogP contribution in [0.1, 0.15) is 16.8 Å². The molecule has 0 unspecified atom stereocenters. The summed E-state index contributed by atoms with van der Waals surface area (Å²) in [6.07, 6.45) is 0.782. The van der Waals surface area contributed by atoms with Crippen molar-refractivity contribution in [1.82, 2.24) is 0 Å². The number of hydrogen-bond acceptors (Lipinski definition) is 4. The fourth-order valence-corrected chi connectivity index (χ4v) is 1.82. The van der Waals surface area contributed by atoms with Gasteiger partial charge in [-0.2, -0.15) is 0 Å². The van der Waals surface area contributed by atoms with E-state index in [-0.39, 0.29) is 6.10 Å². The molecule has 0 radical (unpaired) electrons. The van der Waals surface area contributed by atoms with Gasteiger partial charge in [-0.05, 0) is 18.2 Å². The Bertz CT molecular complexity index is 413. The van der Waals surface area contributed by atoms with E-state index >= 15 is 0 Å². The van der Waals surface area contributed by atoms with Crippen LogP contribution >= 0.6 is 11.6 Å². The molecule has 1 aliphatic rings. The van der Waals surface area contributed by atoms with Gasteiger partial charge in [0.2, 0.25) is 0 Å². The first-order valence-corrected chi connectivity index (χ1v) is 5.71. The summed E-state index contributed by atoms with van der Waals surface area (Å²) in [5.41, 5.74) is 0.379.